The Morgan fingerprint density at radius 3 is 2.44 bits per heavy atom. The van der Waals surface area contributed by atoms with E-state index in [1.165, 1.54) is 37.4 Å². The Bertz CT molecular complexity index is 1390. The molecule has 2 aromatic carbocycles. The van der Waals surface area contributed by atoms with E-state index in [0.717, 1.165) is 0 Å². The second kappa shape index (κ2) is 10.8. The molecule has 0 radical (unpaired) electrons. The molecule has 9 atom stereocenters. The molecule has 7 N–H and O–H groups in total. The molecule has 3 heterocycles. The van der Waals surface area contributed by atoms with Gasteiger partial charge in [0.25, 0.3) is 0 Å². The zero-order valence-corrected chi connectivity index (χ0v) is 20.5. The fraction of sp³-hybridized carbons (Fsp3) is 0.480. The van der Waals surface area contributed by atoms with Gasteiger partial charge in [-0.3, -0.25) is 4.79 Å². The van der Waals surface area contributed by atoms with Crippen molar-refractivity contribution in [3.63, 3.8) is 0 Å². The maximum atomic E-state index is 13.1. The molecule has 2 fully saturated rings. The summed E-state index contributed by atoms with van der Waals surface area (Å²) in [6, 6.07) is 7.03. The van der Waals surface area contributed by atoms with Crippen LogP contribution in [0.3, 0.4) is 0 Å². The van der Waals surface area contributed by atoms with Crippen molar-refractivity contribution < 1.29 is 63.8 Å². The Balaban J connectivity index is 1.40. The monoisotopic (exact) mass is 552 g/mol. The number of methoxy groups -OCH3 is 1. The van der Waals surface area contributed by atoms with Gasteiger partial charge in [-0.05, 0) is 12.1 Å². The lowest BCUT2D eigenvalue weighted by Crippen LogP contribution is -2.61. The summed E-state index contributed by atoms with van der Waals surface area (Å²) in [7, 11) is 1.38. The molecule has 0 spiro atoms. The van der Waals surface area contributed by atoms with Crippen molar-refractivity contribution in [2.24, 2.45) is 0 Å². The minimum atomic E-state index is -1.74. The van der Waals surface area contributed by atoms with Gasteiger partial charge in [0.15, 0.2) is 17.6 Å². The molecule has 14 heteroatoms. The molecule has 0 amide bonds. The van der Waals surface area contributed by atoms with Crippen LogP contribution < -0.4 is 14.9 Å². The number of phenols is 1. The molecular weight excluding hydrogens is 524 g/mol. The number of ether oxygens (including phenoxy) is 5. The normalized spacial score (nSPS) is 33.4. The second-order valence-corrected chi connectivity index (χ2v) is 9.30. The molecule has 212 valence electrons. The van der Waals surface area contributed by atoms with E-state index in [-0.39, 0.29) is 45.8 Å². The Labute approximate surface area is 219 Å². The fourth-order valence-electron chi connectivity index (χ4n) is 4.53. The summed E-state index contributed by atoms with van der Waals surface area (Å²) in [6.07, 6.45) is -13.8. The summed E-state index contributed by atoms with van der Waals surface area (Å²) in [5.41, 5.74) is -0.592. The van der Waals surface area contributed by atoms with E-state index < -0.39 is 67.3 Å². The molecule has 14 nitrogen and oxygen atoms in total. The number of aliphatic hydroxyl groups is 6. The zero-order chi connectivity index (χ0) is 28.0. The minimum absolute atomic E-state index is 0.00518. The van der Waals surface area contributed by atoms with Gasteiger partial charge >= 0.3 is 0 Å². The summed E-state index contributed by atoms with van der Waals surface area (Å²) in [5.74, 6) is -0.156. The SMILES string of the molecule is COc1cc(O)c2c(=O)c3cccc(OC4OC(COC5OCC(O)C(O)C5O)C(O)C(O)C4O)c3oc2c1. The highest BCUT2D eigenvalue weighted by Crippen LogP contribution is 2.35. The summed E-state index contributed by atoms with van der Waals surface area (Å²) < 4.78 is 33.0. The number of aromatic hydroxyl groups is 1. The van der Waals surface area contributed by atoms with Crippen molar-refractivity contribution in [3.8, 4) is 17.2 Å². The van der Waals surface area contributed by atoms with Crippen molar-refractivity contribution in [1.29, 1.82) is 0 Å². The van der Waals surface area contributed by atoms with Crippen LogP contribution in [0.5, 0.6) is 17.2 Å². The predicted octanol–water partition coefficient (Wildman–Crippen LogP) is -1.70. The first kappa shape index (κ1) is 27.5. The average molecular weight is 552 g/mol. The number of hydrogen-bond acceptors (Lipinski definition) is 14. The van der Waals surface area contributed by atoms with Crippen LogP contribution in [0.15, 0.2) is 39.5 Å². The van der Waals surface area contributed by atoms with Gasteiger partial charge in [0.05, 0.1) is 25.7 Å². The molecule has 5 rings (SSSR count). The van der Waals surface area contributed by atoms with Crippen LogP contribution in [0, 0.1) is 0 Å². The van der Waals surface area contributed by atoms with E-state index in [4.69, 9.17) is 28.1 Å². The lowest BCUT2D eigenvalue weighted by Gasteiger charge is -2.41. The number of hydrogen-bond donors (Lipinski definition) is 7. The van der Waals surface area contributed by atoms with E-state index >= 15 is 0 Å². The van der Waals surface area contributed by atoms with Gasteiger partial charge in [0, 0.05) is 12.1 Å². The summed E-state index contributed by atoms with van der Waals surface area (Å²) in [5, 5.41) is 71.2. The molecule has 2 aliphatic heterocycles. The Kier molecular flexibility index (Phi) is 7.65. The van der Waals surface area contributed by atoms with Gasteiger partial charge < -0.3 is 63.8 Å². The third-order valence-corrected chi connectivity index (χ3v) is 6.74. The summed E-state index contributed by atoms with van der Waals surface area (Å²) in [6.45, 7) is -0.779. The van der Waals surface area contributed by atoms with E-state index in [1.807, 2.05) is 0 Å². The highest BCUT2D eigenvalue weighted by molar-refractivity contribution is 5.95. The zero-order valence-electron chi connectivity index (χ0n) is 20.5. The third-order valence-electron chi connectivity index (χ3n) is 6.74. The molecule has 3 aromatic rings. The Morgan fingerprint density at radius 2 is 1.69 bits per heavy atom. The number of fused-ring (bicyclic) bond motifs is 2. The van der Waals surface area contributed by atoms with Crippen molar-refractivity contribution in [2.75, 3.05) is 20.3 Å². The average Bonchev–Trinajstić information content (AvgIpc) is 2.92. The smallest absolute Gasteiger partial charge is 0.229 e. The van der Waals surface area contributed by atoms with Crippen LogP contribution in [-0.4, -0.2) is 111 Å². The largest absolute Gasteiger partial charge is 0.507 e. The van der Waals surface area contributed by atoms with Crippen LogP contribution in [0.25, 0.3) is 21.9 Å². The van der Waals surface area contributed by atoms with E-state index in [9.17, 15) is 40.5 Å². The van der Waals surface area contributed by atoms with Gasteiger partial charge in [0.2, 0.25) is 11.7 Å². The first-order valence-corrected chi connectivity index (χ1v) is 12.0. The molecule has 39 heavy (non-hydrogen) atoms. The maximum Gasteiger partial charge on any atom is 0.229 e. The molecule has 0 bridgehead atoms. The van der Waals surface area contributed by atoms with Crippen molar-refractivity contribution in [3.05, 3.63) is 40.6 Å². The Morgan fingerprint density at radius 1 is 0.949 bits per heavy atom. The standard InChI is InChI=1S/C25H28O14/c1-34-9-5-11(26)16-14(6-9)37-23-10(17(16)28)3-2-4-13(23)38-25-22(33)20(31)19(30)15(39-25)8-36-24-21(32)18(29)12(27)7-35-24/h2-6,12,15,18-22,24-27,29-33H,7-8H2,1H3. The van der Waals surface area contributed by atoms with Crippen LogP contribution in [0.2, 0.25) is 0 Å². The molecular formula is C25H28O14. The summed E-state index contributed by atoms with van der Waals surface area (Å²) >= 11 is 0. The number of aliphatic hydroxyl groups excluding tert-OH is 6. The first-order chi connectivity index (χ1) is 18.6. The van der Waals surface area contributed by atoms with Crippen molar-refractivity contribution >= 4 is 21.9 Å². The molecule has 2 aliphatic rings. The highest BCUT2D eigenvalue weighted by atomic mass is 16.7. The van der Waals surface area contributed by atoms with Crippen LogP contribution in [-0.2, 0) is 14.2 Å². The minimum Gasteiger partial charge on any atom is -0.507 e. The lowest BCUT2D eigenvalue weighted by molar-refractivity contribution is -0.307. The highest BCUT2D eigenvalue weighted by Gasteiger charge is 2.46. The van der Waals surface area contributed by atoms with E-state index in [0.29, 0.717) is 0 Å². The topological polar surface area (TPSA) is 218 Å². The molecule has 9 unspecified atom stereocenters. The first-order valence-electron chi connectivity index (χ1n) is 12.0. The van der Waals surface area contributed by atoms with Crippen LogP contribution >= 0.6 is 0 Å². The van der Waals surface area contributed by atoms with Crippen molar-refractivity contribution in [1.82, 2.24) is 0 Å². The molecule has 2 saturated heterocycles. The van der Waals surface area contributed by atoms with Gasteiger partial charge in [-0.15, -0.1) is 0 Å². The predicted molar refractivity (Wildman–Crippen MR) is 129 cm³/mol. The van der Waals surface area contributed by atoms with Crippen molar-refractivity contribution in [2.45, 2.75) is 55.3 Å². The van der Waals surface area contributed by atoms with Gasteiger partial charge in [0.1, 0.15) is 65.2 Å². The number of benzene rings is 2. The Hall–Kier alpha value is -3.05. The molecule has 1 aromatic heterocycles. The van der Waals surface area contributed by atoms with Crippen LogP contribution in [0.4, 0.5) is 0 Å². The number of rotatable bonds is 6. The quantitative estimate of drug-likeness (QED) is 0.170. The fourth-order valence-corrected chi connectivity index (χ4v) is 4.53. The lowest BCUT2D eigenvalue weighted by atomic mass is 9.99. The molecule has 0 aliphatic carbocycles. The van der Waals surface area contributed by atoms with Gasteiger partial charge in [-0.2, -0.15) is 0 Å². The second-order valence-electron chi connectivity index (χ2n) is 9.30. The number of phenolic OH excluding ortho intramolecular Hbond substituents is 1. The maximum absolute atomic E-state index is 13.1. The van der Waals surface area contributed by atoms with Gasteiger partial charge in [-0.1, -0.05) is 6.07 Å². The molecule has 0 saturated carbocycles. The summed E-state index contributed by atoms with van der Waals surface area (Å²) in [4.78, 5) is 13.1. The van der Waals surface area contributed by atoms with Gasteiger partial charge in [-0.25, -0.2) is 0 Å². The van der Waals surface area contributed by atoms with Crippen LogP contribution in [0.1, 0.15) is 0 Å². The number of para-hydroxylation sites is 1. The van der Waals surface area contributed by atoms with E-state index in [2.05, 4.69) is 0 Å². The third kappa shape index (κ3) is 5.02. The van der Waals surface area contributed by atoms with E-state index in [1.54, 1.807) is 0 Å².